The van der Waals surface area contributed by atoms with Crippen LogP contribution in [0.2, 0.25) is 0 Å². The van der Waals surface area contributed by atoms with Crippen molar-refractivity contribution in [3.63, 3.8) is 0 Å². The van der Waals surface area contributed by atoms with E-state index in [1.54, 1.807) is 43.5 Å². The molecule has 0 unspecified atom stereocenters. The average Bonchev–Trinajstić information content (AvgIpc) is 2.65. The second-order valence-corrected chi connectivity index (χ2v) is 6.47. The fourth-order valence-corrected chi connectivity index (χ4v) is 2.61. The van der Waals surface area contributed by atoms with Crippen molar-refractivity contribution in [1.82, 2.24) is 16.2 Å². The molecular formula is C17H16IN3O4S. The number of thiocarbonyl (C=S) groups is 1. The minimum absolute atomic E-state index is 0.0209. The van der Waals surface area contributed by atoms with Gasteiger partial charge in [-0.15, -0.1) is 0 Å². The molecule has 0 spiro atoms. The lowest BCUT2D eigenvalue weighted by molar-refractivity contribution is -0.123. The monoisotopic (exact) mass is 485 g/mol. The second kappa shape index (κ2) is 9.92. The summed E-state index contributed by atoms with van der Waals surface area (Å²) < 4.78 is 11.2. The zero-order valence-electron chi connectivity index (χ0n) is 13.7. The number of amides is 2. The normalized spacial score (nSPS) is 9.77. The SMILES string of the molecule is COc1ccc(OCC(=O)NNC(=S)NC(=O)c2ccccc2I)cc1. The molecule has 7 nitrogen and oxygen atoms in total. The quantitative estimate of drug-likeness (QED) is 0.341. The molecule has 0 bridgehead atoms. The molecule has 2 rings (SSSR count). The second-order valence-electron chi connectivity index (χ2n) is 4.90. The number of hydrogen-bond acceptors (Lipinski definition) is 5. The lowest BCUT2D eigenvalue weighted by Crippen LogP contribution is -2.49. The Kier molecular flexibility index (Phi) is 7.60. The Morgan fingerprint density at radius 1 is 1.04 bits per heavy atom. The molecular weight excluding hydrogens is 469 g/mol. The summed E-state index contributed by atoms with van der Waals surface area (Å²) in [5.41, 5.74) is 5.30. The van der Waals surface area contributed by atoms with E-state index >= 15 is 0 Å². The molecule has 2 aromatic rings. The van der Waals surface area contributed by atoms with Gasteiger partial charge in [-0.2, -0.15) is 0 Å². The predicted molar refractivity (Wildman–Crippen MR) is 109 cm³/mol. The van der Waals surface area contributed by atoms with E-state index in [2.05, 4.69) is 38.8 Å². The van der Waals surface area contributed by atoms with Crippen molar-refractivity contribution in [3.8, 4) is 11.5 Å². The molecule has 2 aromatic carbocycles. The third-order valence-electron chi connectivity index (χ3n) is 3.09. The Balaban J connectivity index is 1.73. The van der Waals surface area contributed by atoms with E-state index in [0.717, 1.165) is 3.57 Å². The molecule has 0 aliphatic rings. The van der Waals surface area contributed by atoms with Crippen LogP contribution in [0.1, 0.15) is 10.4 Å². The van der Waals surface area contributed by atoms with Crippen LogP contribution in [0.25, 0.3) is 0 Å². The van der Waals surface area contributed by atoms with E-state index in [0.29, 0.717) is 17.1 Å². The molecule has 0 radical (unpaired) electrons. The highest BCUT2D eigenvalue weighted by Crippen LogP contribution is 2.16. The lowest BCUT2D eigenvalue weighted by atomic mass is 10.2. The fourth-order valence-electron chi connectivity index (χ4n) is 1.83. The van der Waals surface area contributed by atoms with Gasteiger partial charge in [0.1, 0.15) is 11.5 Å². The van der Waals surface area contributed by atoms with E-state index in [4.69, 9.17) is 21.7 Å². The Morgan fingerprint density at radius 2 is 1.69 bits per heavy atom. The smallest absolute Gasteiger partial charge is 0.276 e. The highest BCUT2D eigenvalue weighted by atomic mass is 127. The highest BCUT2D eigenvalue weighted by Gasteiger charge is 2.11. The molecule has 0 atom stereocenters. The van der Waals surface area contributed by atoms with Gasteiger partial charge in [0.2, 0.25) is 0 Å². The van der Waals surface area contributed by atoms with Gasteiger partial charge in [-0.1, -0.05) is 12.1 Å². The molecule has 26 heavy (non-hydrogen) atoms. The van der Waals surface area contributed by atoms with Crippen LogP contribution in [0.3, 0.4) is 0 Å². The Hall–Kier alpha value is -2.40. The number of carbonyl (C=O) groups excluding carboxylic acids is 2. The van der Waals surface area contributed by atoms with Crippen LogP contribution < -0.4 is 25.6 Å². The zero-order chi connectivity index (χ0) is 18.9. The molecule has 0 saturated heterocycles. The van der Waals surface area contributed by atoms with Crippen molar-refractivity contribution in [3.05, 3.63) is 57.7 Å². The first kappa shape index (κ1) is 19.9. The summed E-state index contributed by atoms with van der Waals surface area (Å²) in [5.74, 6) is 0.399. The standard InChI is InChI=1S/C17H16IN3O4S/c1-24-11-6-8-12(9-7-11)25-10-15(22)20-21-17(26)19-16(23)13-4-2-3-5-14(13)18/h2-9H,10H2,1H3,(H,20,22)(H2,19,21,23,26). The maximum Gasteiger partial charge on any atom is 0.276 e. The molecule has 2 amide bonds. The summed E-state index contributed by atoms with van der Waals surface area (Å²) in [7, 11) is 1.56. The maximum absolute atomic E-state index is 12.1. The number of hydrazine groups is 1. The maximum atomic E-state index is 12.1. The molecule has 0 heterocycles. The molecule has 0 saturated carbocycles. The van der Waals surface area contributed by atoms with Crippen LogP contribution in [0, 0.1) is 3.57 Å². The minimum atomic E-state index is -0.452. The summed E-state index contributed by atoms with van der Waals surface area (Å²) in [6.07, 6.45) is 0. The number of hydrogen-bond donors (Lipinski definition) is 3. The van der Waals surface area contributed by atoms with Crippen molar-refractivity contribution in [2.75, 3.05) is 13.7 Å². The lowest BCUT2D eigenvalue weighted by Gasteiger charge is -2.12. The number of halogens is 1. The zero-order valence-corrected chi connectivity index (χ0v) is 16.7. The van der Waals surface area contributed by atoms with Gasteiger partial charge in [0, 0.05) is 3.57 Å². The van der Waals surface area contributed by atoms with Gasteiger partial charge in [-0.25, -0.2) is 0 Å². The molecule has 136 valence electrons. The Bertz CT molecular complexity index is 799. The van der Waals surface area contributed by atoms with Crippen molar-refractivity contribution in [2.24, 2.45) is 0 Å². The number of methoxy groups -OCH3 is 1. The molecule has 0 aromatic heterocycles. The van der Waals surface area contributed by atoms with E-state index in [-0.39, 0.29) is 17.6 Å². The summed E-state index contributed by atoms with van der Waals surface area (Å²) >= 11 is 7.04. The molecule has 9 heteroatoms. The topological polar surface area (TPSA) is 88.7 Å². The molecule has 0 aliphatic heterocycles. The van der Waals surface area contributed by atoms with Crippen LogP contribution in [0.15, 0.2) is 48.5 Å². The third kappa shape index (κ3) is 6.15. The predicted octanol–water partition coefficient (Wildman–Crippen LogP) is 2.01. The van der Waals surface area contributed by atoms with E-state index in [1.165, 1.54) is 0 Å². The summed E-state index contributed by atoms with van der Waals surface area (Å²) in [5, 5.41) is 2.47. The molecule has 0 aliphatic carbocycles. The van der Waals surface area contributed by atoms with Gasteiger partial charge >= 0.3 is 0 Å². The Labute approximate surface area is 169 Å². The number of rotatable bonds is 5. The van der Waals surface area contributed by atoms with Crippen LogP contribution in [-0.4, -0.2) is 30.6 Å². The van der Waals surface area contributed by atoms with Crippen molar-refractivity contribution >= 4 is 51.7 Å². The summed E-state index contributed by atoms with van der Waals surface area (Å²) in [6, 6.07) is 13.9. The van der Waals surface area contributed by atoms with Gasteiger partial charge in [0.15, 0.2) is 11.7 Å². The Morgan fingerprint density at radius 3 is 2.35 bits per heavy atom. The van der Waals surface area contributed by atoms with Crippen LogP contribution in [0.4, 0.5) is 0 Å². The summed E-state index contributed by atoms with van der Waals surface area (Å²) in [6.45, 7) is -0.216. The highest BCUT2D eigenvalue weighted by molar-refractivity contribution is 14.1. The number of nitrogens with one attached hydrogen (secondary N) is 3. The fraction of sp³-hybridized carbons (Fsp3) is 0.118. The van der Waals surface area contributed by atoms with Crippen LogP contribution >= 0.6 is 34.8 Å². The number of carbonyl (C=O) groups is 2. The van der Waals surface area contributed by atoms with E-state index in [1.807, 2.05) is 12.1 Å². The first-order valence-corrected chi connectivity index (χ1v) is 8.90. The van der Waals surface area contributed by atoms with Crippen LogP contribution in [0.5, 0.6) is 11.5 Å². The van der Waals surface area contributed by atoms with Gasteiger partial charge < -0.3 is 9.47 Å². The first-order chi connectivity index (χ1) is 12.5. The van der Waals surface area contributed by atoms with Gasteiger partial charge in [0.05, 0.1) is 12.7 Å². The van der Waals surface area contributed by atoms with Crippen molar-refractivity contribution in [1.29, 1.82) is 0 Å². The van der Waals surface area contributed by atoms with Gasteiger partial charge in [-0.3, -0.25) is 25.8 Å². The van der Waals surface area contributed by atoms with Gasteiger partial charge in [0.25, 0.3) is 11.8 Å². The molecule has 3 N–H and O–H groups in total. The van der Waals surface area contributed by atoms with E-state index in [9.17, 15) is 9.59 Å². The van der Waals surface area contributed by atoms with Crippen LogP contribution in [-0.2, 0) is 4.79 Å². The van der Waals surface area contributed by atoms with Gasteiger partial charge in [-0.05, 0) is 71.2 Å². The number of ether oxygens (including phenoxy) is 2. The summed E-state index contributed by atoms with van der Waals surface area (Å²) in [4.78, 5) is 23.8. The van der Waals surface area contributed by atoms with Crippen molar-refractivity contribution in [2.45, 2.75) is 0 Å². The van der Waals surface area contributed by atoms with E-state index < -0.39 is 5.91 Å². The third-order valence-corrected chi connectivity index (χ3v) is 4.24. The molecule has 0 fully saturated rings. The van der Waals surface area contributed by atoms with Crippen molar-refractivity contribution < 1.29 is 19.1 Å². The minimum Gasteiger partial charge on any atom is -0.497 e. The average molecular weight is 485 g/mol. The first-order valence-electron chi connectivity index (χ1n) is 7.41. The number of benzene rings is 2. The largest absolute Gasteiger partial charge is 0.497 e.